The van der Waals surface area contributed by atoms with E-state index < -0.39 is 5.63 Å². The third-order valence-corrected chi connectivity index (χ3v) is 5.68. The molecule has 0 atom stereocenters. The second-order valence-electron chi connectivity index (χ2n) is 7.56. The van der Waals surface area contributed by atoms with E-state index in [0.717, 1.165) is 13.1 Å². The summed E-state index contributed by atoms with van der Waals surface area (Å²) >= 11 is 0. The Bertz CT molecular complexity index is 1190. The monoisotopic (exact) mass is 406 g/mol. The highest BCUT2D eigenvalue weighted by atomic mass is 16.4. The van der Waals surface area contributed by atoms with Crippen LogP contribution >= 0.6 is 0 Å². The lowest BCUT2D eigenvalue weighted by atomic mass is 9.97. The molecule has 0 bridgehead atoms. The van der Waals surface area contributed by atoms with Gasteiger partial charge in [-0.1, -0.05) is 12.1 Å². The van der Waals surface area contributed by atoms with Gasteiger partial charge in [-0.3, -0.25) is 9.59 Å². The van der Waals surface area contributed by atoms with Gasteiger partial charge in [-0.15, -0.1) is 0 Å². The summed E-state index contributed by atoms with van der Waals surface area (Å²) in [6.07, 6.45) is 0.471. The number of piperazine rings is 1. The normalized spacial score (nSPS) is 14.8. The van der Waals surface area contributed by atoms with E-state index in [1.165, 1.54) is 6.07 Å². The molecule has 154 valence electrons. The summed E-state index contributed by atoms with van der Waals surface area (Å²) in [4.78, 5) is 40.7. The molecule has 2 heterocycles. The zero-order chi connectivity index (χ0) is 21.4. The summed E-state index contributed by atoms with van der Waals surface area (Å²) in [5.41, 5.74) is 1.61. The topological polar surface area (TPSA) is 91.1 Å². The van der Waals surface area contributed by atoms with Crippen molar-refractivity contribution in [3.8, 4) is 16.9 Å². The molecule has 0 aliphatic carbocycles. The first-order valence-corrected chi connectivity index (χ1v) is 9.73. The van der Waals surface area contributed by atoms with Crippen LogP contribution in [0.25, 0.3) is 22.1 Å². The highest BCUT2D eigenvalue weighted by Gasteiger charge is 2.21. The van der Waals surface area contributed by atoms with Gasteiger partial charge in [-0.25, -0.2) is 4.79 Å². The zero-order valence-corrected chi connectivity index (χ0v) is 16.8. The van der Waals surface area contributed by atoms with Crippen LogP contribution in [0.15, 0.2) is 45.6 Å². The predicted molar refractivity (Wildman–Crippen MR) is 113 cm³/mol. The summed E-state index contributed by atoms with van der Waals surface area (Å²) in [5, 5.41) is 10.4. The van der Waals surface area contributed by atoms with Crippen LogP contribution in [0.4, 0.5) is 0 Å². The highest BCUT2D eigenvalue weighted by Crippen LogP contribution is 2.31. The van der Waals surface area contributed by atoms with Crippen molar-refractivity contribution in [1.29, 1.82) is 0 Å². The first-order valence-electron chi connectivity index (χ1n) is 9.73. The molecule has 1 fully saturated rings. The average molecular weight is 406 g/mol. The van der Waals surface area contributed by atoms with Gasteiger partial charge in [-0.05, 0) is 49.4 Å². The standard InChI is InChI=1S/C23H22N2O5/c1-14-17-7-8-19(27)18(13-26)21(17)30-23(29)20(14)15-3-5-16(6-4-15)22(28)25-11-9-24(2)10-12-25/h3-8,13,27H,9-12H2,1-2H3. The molecule has 1 N–H and O–H groups in total. The molecule has 1 amide bonds. The number of aryl methyl sites for hydroxylation is 1. The molecule has 4 rings (SSSR count). The molecular weight excluding hydrogens is 384 g/mol. The number of hydrogen-bond donors (Lipinski definition) is 1. The van der Waals surface area contributed by atoms with Crippen LogP contribution in [-0.2, 0) is 0 Å². The Morgan fingerprint density at radius 1 is 1.07 bits per heavy atom. The van der Waals surface area contributed by atoms with Crippen molar-refractivity contribution in [2.75, 3.05) is 33.2 Å². The molecule has 7 nitrogen and oxygen atoms in total. The molecular formula is C23H22N2O5. The van der Waals surface area contributed by atoms with Gasteiger partial charge in [0.05, 0.1) is 11.1 Å². The highest BCUT2D eigenvalue weighted by molar-refractivity contribution is 6.00. The van der Waals surface area contributed by atoms with E-state index in [0.29, 0.717) is 47.0 Å². The van der Waals surface area contributed by atoms with E-state index in [4.69, 9.17) is 4.42 Å². The van der Waals surface area contributed by atoms with Gasteiger partial charge in [0.15, 0.2) is 11.9 Å². The molecule has 30 heavy (non-hydrogen) atoms. The number of fused-ring (bicyclic) bond motifs is 1. The average Bonchev–Trinajstić information content (AvgIpc) is 2.74. The molecule has 2 aromatic carbocycles. The van der Waals surface area contributed by atoms with Crippen LogP contribution in [0.5, 0.6) is 5.75 Å². The minimum Gasteiger partial charge on any atom is -0.507 e. The molecule has 0 spiro atoms. The number of aromatic hydroxyl groups is 1. The van der Waals surface area contributed by atoms with Crippen molar-refractivity contribution in [3.63, 3.8) is 0 Å². The van der Waals surface area contributed by atoms with Gasteiger partial charge in [0, 0.05) is 37.1 Å². The Labute approximate surface area is 173 Å². The summed E-state index contributed by atoms with van der Waals surface area (Å²) in [6, 6.07) is 9.91. The summed E-state index contributed by atoms with van der Waals surface area (Å²) < 4.78 is 5.39. The van der Waals surface area contributed by atoms with E-state index in [2.05, 4.69) is 4.90 Å². The SMILES string of the molecule is Cc1c(-c2ccc(C(=O)N3CCN(C)CC3)cc2)c(=O)oc2c(C=O)c(O)ccc12. The second-order valence-corrected chi connectivity index (χ2v) is 7.56. The second kappa shape index (κ2) is 7.76. The Morgan fingerprint density at radius 3 is 2.37 bits per heavy atom. The molecule has 1 aliphatic heterocycles. The number of nitrogens with zero attached hydrogens (tertiary/aromatic N) is 2. The lowest BCUT2D eigenvalue weighted by Crippen LogP contribution is -2.47. The van der Waals surface area contributed by atoms with Crippen molar-refractivity contribution in [3.05, 3.63) is 63.5 Å². The number of amides is 1. The van der Waals surface area contributed by atoms with Crippen molar-refractivity contribution >= 4 is 23.2 Å². The van der Waals surface area contributed by atoms with Crippen molar-refractivity contribution in [1.82, 2.24) is 9.80 Å². The van der Waals surface area contributed by atoms with Gasteiger partial charge >= 0.3 is 5.63 Å². The summed E-state index contributed by atoms with van der Waals surface area (Å²) in [5.74, 6) is -0.261. The molecule has 0 unspecified atom stereocenters. The zero-order valence-electron chi connectivity index (χ0n) is 16.8. The van der Waals surface area contributed by atoms with Crippen LogP contribution in [0.1, 0.15) is 26.3 Å². The Kier molecular flexibility index (Phi) is 5.13. The maximum atomic E-state index is 12.7. The number of phenolic OH excluding ortho intramolecular Hbond substituents is 1. The number of phenols is 1. The number of rotatable bonds is 3. The quantitative estimate of drug-likeness (QED) is 0.531. The fraction of sp³-hybridized carbons (Fsp3) is 0.261. The number of likely N-dealkylation sites (N-methyl/N-ethyl adjacent to an activating group) is 1. The molecule has 1 saturated heterocycles. The maximum absolute atomic E-state index is 12.7. The van der Waals surface area contributed by atoms with E-state index >= 15 is 0 Å². The molecule has 3 aromatic rings. The maximum Gasteiger partial charge on any atom is 0.344 e. The fourth-order valence-electron chi connectivity index (χ4n) is 3.85. The third-order valence-electron chi connectivity index (χ3n) is 5.68. The molecule has 1 aliphatic rings. The first-order chi connectivity index (χ1) is 14.4. The molecule has 0 saturated carbocycles. The number of hydrogen-bond acceptors (Lipinski definition) is 6. The summed E-state index contributed by atoms with van der Waals surface area (Å²) in [7, 11) is 2.04. The minimum absolute atomic E-state index is 0.0250. The molecule has 7 heteroatoms. The predicted octanol–water partition coefficient (Wildman–Crippen LogP) is 2.67. The van der Waals surface area contributed by atoms with Gasteiger partial charge in [0.2, 0.25) is 0 Å². The van der Waals surface area contributed by atoms with Crippen LogP contribution in [0.3, 0.4) is 0 Å². The molecule has 1 aromatic heterocycles. The minimum atomic E-state index is -0.605. The van der Waals surface area contributed by atoms with Gasteiger partial charge in [-0.2, -0.15) is 0 Å². The van der Waals surface area contributed by atoms with E-state index in [1.807, 2.05) is 11.9 Å². The van der Waals surface area contributed by atoms with Crippen LogP contribution < -0.4 is 5.63 Å². The van der Waals surface area contributed by atoms with Gasteiger partial charge in [0.1, 0.15) is 5.75 Å². The first kappa shape index (κ1) is 19.8. The Hall–Kier alpha value is -3.45. The van der Waals surface area contributed by atoms with Crippen LogP contribution in [-0.4, -0.2) is 60.3 Å². The Morgan fingerprint density at radius 2 is 1.73 bits per heavy atom. The lowest BCUT2D eigenvalue weighted by Gasteiger charge is -2.32. The largest absolute Gasteiger partial charge is 0.507 e. The van der Waals surface area contributed by atoms with E-state index in [1.54, 1.807) is 37.3 Å². The van der Waals surface area contributed by atoms with Crippen molar-refractivity contribution < 1.29 is 19.1 Å². The van der Waals surface area contributed by atoms with Crippen LogP contribution in [0.2, 0.25) is 0 Å². The lowest BCUT2D eigenvalue weighted by molar-refractivity contribution is 0.0664. The number of aldehydes is 1. The van der Waals surface area contributed by atoms with Crippen LogP contribution in [0, 0.1) is 6.92 Å². The van der Waals surface area contributed by atoms with Crippen molar-refractivity contribution in [2.24, 2.45) is 0 Å². The van der Waals surface area contributed by atoms with E-state index in [-0.39, 0.29) is 22.8 Å². The molecule has 0 radical (unpaired) electrons. The van der Waals surface area contributed by atoms with Gasteiger partial charge in [0.25, 0.3) is 5.91 Å². The number of carbonyl (C=O) groups excluding carboxylic acids is 2. The van der Waals surface area contributed by atoms with Crippen molar-refractivity contribution in [2.45, 2.75) is 6.92 Å². The smallest absolute Gasteiger partial charge is 0.344 e. The fourth-order valence-corrected chi connectivity index (χ4v) is 3.85. The van der Waals surface area contributed by atoms with Gasteiger partial charge < -0.3 is 19.3 Å². The Balaban J connectivity index is 1.71. The number of benzene rings is 2. The summed E-state index contributed by atoms with van der Waals surface area (Å²) in [6.45, 7) is 4.84. The number of carbonyl (C=O) groups is 2. The third kappa shape index (κ3) is 3.37. The van der Waals surface area contributed by atoms with E-state index in [9.17, 15) is 19.5 Å².